The van der Waals surface area contributed by atoms with Gasteiger partial charge in [0.2, 0.25) is 0 Å². The number of H-pyrrole nitrogens is 1. The van der Waals surface area contributed by atoms with Crippen molar-refractivity contribution >= 4 is 28.0 Å². The molecule has 0 saturated carbocycles. The Hall–Kier alpha value is -2.83. The number of rotatable bonds is 7. The van der Waals surface area contributed by atoms with Crippen LogP contribution in [0, 0.1) is 5.82 Å². The first kappa shape index (κ1) is 22.0. The molecule has 0 radical (unpaired) electrons. The van der Waals surface area contributed by atoms with Gasteiger partial charge >= 0.3 is 0 Å². The average Bonchev–Trinajstić information content (AvgIpc) is 3.48. The number of likely N-dealkylation sites (tertiary alicyclic amines) is 1. The molecular weight excluding hydrogens is 433 g/mol. The van der Waals surface area contributed by atoms with E-state index in [1.165, 1.54) is 39.9 Å². The number of Topliss-reactive ketones (excluding diaryl/α,β-unsaturated/α-hetero) is 1. The number of aromatic nitrogens is 2. The number of benzene rings is 2. The minimum absolute atomic E-state index is 0.0640. The molecule has 0 spiro atoms. The molecule has 1 saturated heterocycles. The number of halogens is 1. The van der Waals surface area contributed by atoms with Crippen molar-refractivity contribution in [3.8, 4) is 11.3 Å². The number of fused-ring (bicyclic) bond motifs is 1. The van der Waals surface area contributed by atoms with Crippen LogP contribution in [0.15, 0.2) is 54.7 Å². The summed E-state index contributed by atoms with van der Waals surface area (Å²) in [7, 11) is 0. The summed E-state index contributed by atoms with van der Waals surface area (Å²) in [6.45, 7) is 4.93. The van der Waals surface area contributed by atoms with E-state index in [0.29, 0.717) is 17.3 Å². The first-order valence-electron chi connectivity index (χ1n) is 11.7. The number of para-hydroxylation sites is 1. The lowest BCUT2D eigenvalue weighted by molar-refractivity contribution is 0.0988. The second-order valence-electron chi connectivity index (χ2n) is 8.73. The van der Waals surface area contributed by atoms with Crippen LogP contribution in [-0.4, -0.2) is 40.3 Å². The van der Waals surface area contributed by atoms with Gasteiger partial charge in [-0.2, -0.15) is 0 Å². The van der Waals surface area contributed by atoms with Crippen molar-refractivity contribution in [1.82, 2.24) is 14.9 Å². The van der Waals surface area contributed by atoms with Crippen molar-refractivity contribution in [2.45, 2.75) is 38.5 Å². The summed E-state index contributed by atoms with van der Waals surface area (Å²) in [6, 6.07) is 14.9. The second kappa shape index (κ2) is 9.57. The summed E-state index contributed by atoms with van der Waals surface area (Å²) in [5.41, 5.74) is 4.35. The van der Waals surface area contributed by atoms with Gasteiger partial charge < -0.3 is 9.88 Å². The Balaban J connectivity index is 1.26. The molecule has 0 atom stereocenters. The SMILES string of the molecule is CCC(=O)c1nc(-c2ccc(F)cc2)c(CCN2CCC(c3c[nH]c4ccccc34)CC2)s1. The Morgan fingerprint density at radius 3 is 2.67 bits per heavy atom. The molecule has 1 N–H and O–H groups in total. The molecule has 0 amide bonds. The van der Waals surface area contributed by atoms with Gasteiger partial charge in [0.15, 0.2) is 10.8 Å². The maximum absolute atomic E-state index is 13.4. The number of nitrogens with one attached hydrogen (secondary N) is 1. The van der Waals surface area contributed by atoms with E-state index < -0.39 is 0 Å². The molecule has 170 valence electrons. The molecule has 1 aliphatic rings. The second-order valence-corrected chi connectivity index (χ2v) is 9.81. The minimum atomic E-state index is -0.265. The number of carbonyl (C=O) groups excluding carboxylic acids is 1. The summed E-state index contributed by atoms with van der Waals surface area (Å²) in [6.07, 6.45) is 5.77. The lowest BCUT2D eigenvalue weighted by atomic mass is 9.89. The quantitative estimate of drug-likeness (QED) is 0.322. The molecule has 3 heterocycles. The van der Waals surface area contributed by atoms with Crippen LogP contribution in [0.5, 0.6) is 0 Å². The van der Waals surface area contributed by atoms with Crippen LogP contribution >= 0.6 is 11.3 Å². The summed E-state index contributed by atoms with van der Waals surface area (Å²) in [4.78, 5) is 24.0. The molecule has 6 heteroatoms. The van der Waals surface area contributed by atoms with E-state index in [1.54, 1.807) is 12.1 Å². The standard InChI is InChI=1S/C27H28FN3OS/c1-2-24(32)27-30-26(19-7-9-20(28)10-8-19)25(33-27)13-16-31-14-11-18(12-15-31)22-17-29-23-6-4-3-5-21(22)23/h3-10,17-18,29H,2,11-16H2,1H3. The number of nitrogens with zero attached hydrogens (tertiary/aromatic N) is 2. The summed E-state index contributed by atoms with van der Waals surface area (Å²) < 4.78 is 13.4. The Labute approximate surface area is 197 Å². The number of aromatic amines is 1. The summed E-state index contributed by atoms with van der Waals surface area (Å²) in [5.74, 6) is 0.386. The van der Waals surface area contributed by atoms with Crippen LogP contribution in [0.3, 0.4) is 0 Å². The van der Waals surface area contributed by atoms with E-state index in [9.17, 15) is 9.18 Å². The van der Waals surface area contributed by atoms with Gasteiger partial charge in [-0.3, -0.25) is 4.79 Å². The van der Waals surface area contributed by atoms with Crippen LogP contribution in [0.1, 0.15) is 52.3 Å². The largest absolute Gasteiger partial charge is 0.361 e. The number of carbonyl (C=O) groups is 1. The van der Waals surface area contributed by atoms with Gasteiger partial charge in [0.05, 0.1) is 5.69 Å². The highest BCUT2D eigenvalue weighted by atomic mass is 32.1. The molecule has 2 aromatic carbocycles. The van der Waals surface area contributed by atoms with Crippen LogP contribution in [0.2, 0.25) is 0 Å². The van der Waals surface area contributed by atoms with Gasteiger partial charge in [-0.1, -0.05) is 25.1 Å². The molecular formula is C27H28FN3OS. The zero-order valence-corrected chi connectivity index (χ0v) is 19.6. The fourth-order valence-electron chi connectivity index (χ4n) is 4.78. The van der Waals surface area contributed by atoms with E-state index in [0.717, 1.165) is 55.0 Å². The van der Waals surface area contributed by atoms with Gasteiger partial charge in [0, 0.05) is 40.5 Å². The fourth-order valence-corrected chi connectivity index (χ4v) is 5.87. The topological polar surface area (TPSA) is 49.0 Å². The molecule has 1 aliphatic heterocycles. The van der Waals surface area contributed by atoms with Crippen molar-refractivity contribution in [2.24, 2.45) is 0 Å². The number of piperidine rings is 1. The molecule has 0 unspecified atom stereocenters. The Morgan fingerprint density at radius 1 is 1.15 bits per heavy atom. The Morgan fingerprint density at radius 2 is 1.91 bits per heavy atom. The predicted octanol–water partition coefficient (Wildman–Crippen LogP) is 6.45. The molecule has 0 aliphatic carbocycles. The van der Waals surface area contributed by atoms with E-state index >= 15 is 0 Å². The Bertz CT molecular complexity index is 1250. The van der Waals surface area contributed by atoms with E-state index in [4.69, 9.17) is 0 Å². The number of ketones is 1. The van der Waals surface area contributed by atoms with Crippen molar-refractivity contribution < 1.29 is 9.18 Å². The third-order valence-electron chi connectivity index (χ3n) is 6.68. The van der Waals surface area contributed by atoms with Crippen LogP contribution < -0.4 is 0 Å². The number of hydrogen-bond donors (Lipinski definition) is 1. The molecule has 2 aromatic heterocycles. The average molecular weight is 462 g/mol. The summed E-state index contributed by atoms with van der Waals surface area (Å²) in [5, 5.41) is 1.91. The molecule has 0 bridgehead atoms. The highest BCUT2D eigenvalue weighted by Gasteiger charge is 2.24. The summed E-state index contributed by atoms with van der Waals surface area (Å²) >= 11 is 1.49. The van der Waals surface area contributed by atoms with Gasteiger partial charge in [-0.05, 0) is 74.2 Å². The first-order valence-corrected chi connectivity index (χ1v) is 12.5. The minimum Gasteiger partial charge on any atom is -0.361 e. The van der Waals surface area contributed by atoms with Crippen molar-refractivity contribution in [1.29, 1.82) is 0 Å². The normalized spacial score (nSPS) is 15.3. The number of thiazole rings is 1. The fraction of sp³-hybridized carbons (Fsp3) is 0.333. The zero-order valence-electron chi connectivity index (χ0n) is 18.8. The maximum Gasteiger partial charge on any atom is 0.191 e. The smallest absolute Gasteiger partial charge is 0.191 e. The maximum atomic E-state index is 13.4. The monoisotopic (exact) mass is 461 g/mol. The molecule has 4 aromatic rings. The van der Waals surface area contributed by atoms with E-state index in [1.807, 2.05) is 6.92 Å². The van der Waals surface area contributed by atoms with Crippen molar-refractivity contribution in [3.63, 3.8) is 0 Å². The molecule has 33 heavy (non-hydrogen) atoms. The third kappa shape index (κ3) is 4.63. The zero-order chi connectivity index (χ0) is 22.8. The van der Waals surface area contributed by atoms with E-state index in [-0.39, 0.29) is 11.6 Å². The highest BCUT2D eigenvalue weighted by molar-refractivity contribution is 7.14. The van der Waals surface area contributed by atoms with Gasteiger partial charge in [-0.25, -0.2) is 9.37 Å². The molecule has 1 fully saturated rings. The lowest BCUT2D eigenvalue weighted by Crippen LogP contribution is -2.34. The first-order chi connectivity index (χ1) is 16.1. The van der Waals surface area contributed by atoms with Crippen LogP contribution in [0.4, 0.5) is 4.39 Å². The van der Waals surface area contributed by atoms with Gasteiger partial charge in [-0.15, -0.1) is 11.3 Å². The molecule has 5 rings (SSSR count). The van der Waals surface area contributed by atoms with E-state index in [2.05, 4.69) is 45.3 Å². The van der Waals surface area contributed by atoms with Crippen molar-refractivity contribution in [2.75, 3.05) is 19.6 Å². The van der Waals surface area contributed by atoms with Gasteiger partial charge in [0.25, 0.3) is 0 Å². The number of hydrogen-bond acceptors (Lipinski definition) is 4. The highest BCUT2D eigenvalue weighted by Crippen LogP contribution is 2.34. The van der Waals surface area contributed by atoms with Gasteiger partial charge in [0.1, 0.15) is 5.82 Å². The Kier molecular flexibility index (Phi) is 6.38. The lowest BCUT2D eigenvalue weighted by Gasteiger charge is -2.31. The van der Waals surface area contributed by atoms with Crippen molar-refractivity contribution in [3.05, 3.63) is 76.0 Å². The predicted molar refractivity (Wildman–Crippen MR) is 133 cm³/mol. The molecule has 4 nitrogen and oxygen atoms in total. The van der Waals surface area contributed by atoms with Crippen LogP contribution in [-0.2, 0) is 6.42 Å². The third-order valence-corrected chi connectivity index (χ3v) is 7.83. The van der Waals surface area contributed by atoms with Crippen LogP contribution in [0.25, 0.3) is 22.2 Å².